The largest absolute Gasteiger partial charge is 0.391 e. The van der Waals surface area contributed by atoms with Crippen molar-refractivity contribution in [2.24, 2.45) is 0 Å². The van der Waals surface area contributed by atoms with Gasteiger partial charge in [-0.05, 0) is 25.0 Å². The first kappa shape index (κ1) is 18.0. The monoisotopic (exact) mass is 383 g/mol. The second-order valence-electron chi connectivity index (χ2n) is 6.62. The molecule has 0 spiro atoms. The van der Waals surface area contributed by atoms with E-state index in [1.54, 1.807) is 36.0 Å². The molecule has 3 aromatic rings. The van der Waals surface area contributed by atoms with Gasteiger partial charge >= 0.3 is 0 Å². The van der Waals surface area contributed by atoms with Gasteiger partial charge in [-0.2, -0.15) is 9.61 Å². The van der Waals surface area contributed by atoms with E-state index in [-0.39, 0.29) is 17.5 Å². The highest BCUT2D eigenvalue weighted by atomic mass is 16.3. The summed E-state index contributed by atoms with van der Waals surface area (Å²) in [7, 11) is 3.27. The standard InChI is InChI=1S/C18H21N7O3/c1-19-15-8-14(23-16-10(17(27)20-2)9-21-25(15)16)22-11-4-3-7-24(18(11)28)12-5-6-13(12)26/h3-4,7-9,12-13,19,26H,5-6H2,1-2H3,(H,20,27)(H,22,23). The van der Waals surface area contributed by atoms with Crippen molar-refractivity contribution in [1.29, 1.82) is 0 Å². The summed E-state index contributed by atoms with van der Waals surface area (Å²) in [6.45, 7) is 0. The number of nitrogens with zero attached hydrogens (tertiary/aromatic N) is 4. The number of carbonyl (C=O) groups is 1. The number of hydrogen-bond donors (Lipinski definition) is 4. The molecule has 1 saturated carbocycles. The molecule has 0 aromatic carbocycles. The Balaban J connectivity index is 1.75. The van der Waals surface area contributed by atoms with E-state index in [1.165, 1.54) is 17.8 Å². The van der Waals surface area contributed by atoms with Crippen LogP contribution in [0.4, 0.5) is 17.3 Å². The van der Waals surface area contributed by atoms with Gasteiger partial charge < -0.3 is 25.6 Å². The minimum Gasteiger partial charge on any atom is -0.391 e. The Hall–Kier alpha value is -3.40. The Morgan fingerprint density at radius 1 is 1.32 bits per heavy atom. The summed E-state index contributed by atoms with van der Waals surface area (Å²) >= 11 is 0. The van der Waals surface area contributed by atoms with Crippen molar-refractivity contribution in [2.45, 2.75) is 25.0 Å². The fourth-order valence-electron chi connectivity index (χ4n) is 3.29. The zero-order chi connectivity index (χ0) is 19.8. The molecule has 0 aliphatic heterocycles. The lowest BCUT2D eigenvalue weighted by Crippen LogP contribution is -2.39. The maximum atomic E-state index is 12.8. The van der Waals surface area contributed by atoms with Crippen molar-refractivity contribution in [3.63, 3.8) is 0 Å². The van der Waals surface area contributed by atoms with Crippen LogP contribution in [0.1, 0.15) is 29.2 Å². The Kier molecular flexibility index (Phi) is 4.47. The second-order valence-corrected chi connectivity index (χ2v) is 6.62. The van der Waals surface area contributed by atoms with Gasteiger partial charge in [-0.25, -0.2) is 4.98 Å². The quantitative estimate of drug-likeness (QED) is 0.512. The molecule has 3 aromatic heterocycles. The third kappa shape index (κ3) is 2.87. The molecule has 1 aliphatic carbocycles. The molecule has 4 rings (SSSR count). The molecule has 10 nitrogen and oxygen atoms in total. The first-order valence-corrected chi connectivity index (χ1v) is 8.98. The van der Waals surface area contributed by atoms with Crippen LogP contribution in [-0.4, -0.2) is 50.4 Å². The lowest BCUT2D eigenvalue weighted by molar-refractivity contribution is 0.0300. The van der Waals surface area contributed by atoms with Gasteiger partial charge in [0.2, 0.25) is 0 Å². The van der Waals surface area contributed by atoms with Gasteiger partial charge in [0.05, 0.1) is 18.3 Å². The second kappa shape index (κ2) is 6.97. The van der Waals surface area contributed by atoms with Crippen LogP contribution in [0.15, 0.2) is 35.4 Å². The molecule has 0 bridgehead atoms. The van der Waals surface area contributed by atoms with E-state index in [4.69, 9.17) is 0 Å². The first-order valence-electron chi connectivity index (χ1n) is 8.98. The topological polar surface area (TPSA) is 126 Å². The van der Waals surface area contributed by atoms with E-state index in [0.717, 1.165) is 6.42 Å². The molecule has 0 radical (unpaired) electrons. The number of pyridine rings is 1. The fraction of sp³-hybridized carbons (Fsp3) is 0.333. The van der Waals surface area contributed by atoms with Crippen LogP contribution in [0.2, 0.25) is 0 Å². The number of aromatic nitrogens is 4. The third-order valence-corrected chi connectivity index (χ3v) is 5.00. The molecule has 1 amide bonds. The number of nitrogens with one attached hydrogen (secondary N) is 3. The lowest BCUT2D eigenvalue weighted by atomic mass is 9.89. The summed E-state index contributed by atoms with van der Waals surface area (Å²) < 4.78 is 3.06. The number of rotatable bonds is 5. The number of aliphatic hydroxyl groups is 1. The Bertz CT molecular complexity index is 1100. The molecule has 146 valence electrons. The summed E-state index contributed by atoms with van der Waals surface area (Å²) in [5.74, 6) is 0.697. The SMILES string of the molecule is CNC(=O)c1cnn2c(NC)cc(Nc3cccn(C4CCC4O)c3=O)nc12. The van der Waals surface area contributed by atoms with E-state index in [2.05, 4.69) is 26.0 Å². The molecule has 2 unspecified atom stereocenters. The predicted molar refractivity (Wildman–Crippen MR) is 104 cm³/mol. The smallest absolute Gasteiger partial charge is 0.274 e. The molecule has 1 aliphatic rings. The number of anilines is 3. The number of fused-ring (bicyclic) bond motifs is 1. The van der Waals surface area contributed by atoms with Gasteiger partial charge in [0.25, 0.3) is 11.5 Å². The summed E-state index contributed by atoms with van der Waals surface area (Å²) in [4.78, 5) is 29.4. The average molecular weight is 383 g/mol. The summed E-state index contributed by atoms with van der Waals surface area (Å²) in [6, 6.07) is 4.90. The third-order valence-electron chi connectivity index (χ3n) is 5.00. The van der Waals surface area contributed by atoms with E-state index in [0.29, 0.717) is 35.0 Å². The average Bonchev–Trinajstić information content (AvgIpc) is 3.12. The Morgan fingerprint density at radius 3 is 2.79 bits per heavy atom. The van der Waals surface area contributed by atoms with Gasteiger partial charge in [-0.1, -0.05) is 0 Å². The lowest BCUT2D eigenvalue weighted by Gasteiger charge is -2.34. The predicted octanol–water partition coefficient (Wildman–Crippen LogP) is 0.732. The normalized spacial score (nSPS) is 18.5. The molecule has 1 fully saturated rings. The molecule has 4 N–H and O–H groups in total. The van der Waals surface area contributed by atoms with Crippen molar-refractivity contribution in [3.8, 4) is 0 Å². The van der Waals surface area contributed by atoms with Crippen LogP contribution >= 0.6 is 0 Å². The van der Waals surface area contributed by atoms with Crippen molar-refractivity contribution in [3.05, 3.63) is 46.5 Å². The zero-order valence-corrected chi connectivity index (χ0v) is 15.5. The molecule has 10 heteroatoms. The van der Waals surface area contributed by atoms with Crippen LogP contribution in [0.3, 0.4) is 0 Å². The molecule has 28 heavy (non-hydrogen) atoms. The Labute approximate surface area is 160 Å². The van der Waals surface area contributed by atoms with E-state index in [1.807, 2.05) is 0 Å². The van der Waals surface area contributed by atoms with Crippen molar-refractivity contribution >= 4 is 28.9 Å². The van der Waals surface area contributed by atoms with Crippen molar-refractivity contribution in [2.75, 3.05) is 24.7 Å². The van der Waals surface area contributed by atoms with Crippen LogP contribution in [-0.2, 0) is 0 Å². The number of hydrogen-bond acceptors (Lipinski definition) is 7. The molecule has 0 saturated heterocycles. The Morgan fingerprint density at radius 2 is 2.14 bits per heavy atom. The van der Waals surface area contributed by atoms with Crippen LogP contribution in [0.25, 0.3) is 5.65 Å². The highest BCUT2D eigenvalue weighted by Gasteiger charge is 2.31. The van der Waals surface area contributed by atoms with Gasteiger partial charge in [-0.3, -0.25) is 9.59 Å². The first-order chi connectivity index (χ1) is 13.5. The summed E-state index contributed by atoms with van der Waals surface area (Å²) in [5.41, 5.74) is 0.783. The highest BCUT2D eigenvalue weighted by molar-refractivity contribution is 5.99. The maximum Gasteiger partial charge on any atom is 0.274 e. The van der Waals surface area contributed by atoms with Crippen LogP contribution in [0.5, 0.6) is 0 Å². The van der Waals surface area contributed by atoms with Crippen LogP contribution in [0, 0.1) is 0 Å². The number of amides is 1. The van der Waals surface area contributed by atoms with Gasteiger partial charge in [-0.15, -0.1) is 0 Å². The minimum atomic E-state index is -0.500. The minimum absolute atomic E-state index is 0.202. The molecular formula is C18H21N7O3. The van der Waals surface area contributed by atoms with Gasteiger partial charge in [0.1, 0.15) is 22.9 Å². The molecular weight excluding hydrogens is 362 g/mol. The van der Waals surface area contributed by atoms with Gasteiger partial charge in [0.15, 0.2) is 5.65 Å². The van der Waals surface area contributed by atoms with E-state index < -0.39 is 6.10 Å². The van der Waals surface area contributed by atoms with E-state index in [9.17, 15) is 14.7 Å². The van der Waals surface area contributed by atoms with E-state index >= 15 is 0 Å². The zero-order valence-electron chi connectivity index (χ0n) is 15.5. The fourth-order valence-corrected chi connectivity index (χ4v) is 3.29. The van der Waals surface area contributed by atoms with Crippen molar-refractivity contribution < 1.29 is 9.90 Å². The summed E-state index contributed by atoms with van der Waals surface area (Å²) in [5, 5.41) is 22.7. The maximum absolute atomic E-state index is 12.8. The highest BCUT2D eigenvalue weighted by Crippen LogP contribution is 2.31. The van der Waals surface area contributed by atoms with Crippen molar-refractivity contribution in [1.82, 2.24) is 24.5 Å². The summed E-state index contributed by atoms with van der Waals surface area (Å²) in [6.07, 6.45) is 4.09. The molecule has 2 atom stereocenters. The van der Waals surface area contributed by atoms with Gasteiger partial charge in [0, 0.05) is 26.4 Å². The number of aliphatic hydroxyl groups excluding tert-OH is 1. The number of carbonyl (C=O) groups excluding carboxylic acids is 1. The van der Waals surface area contributed by atoms with Crippen LogP contribution < -0.4 is 21.5 Å². The molecule has 3 heterocycles.